The number of hydrogen-bond acceptors (Lipinski definition) is 3. The topological polar surface area (TPSA) is 62.1 Å². The molecular weight excluding hydrogens is 295 g/mol. The quantitative estimate of drug-likeness (QED) is 0.687. The van der Waals surface area contributed by atoms with E-state index in [0.29, 0.717) is 13.2 Å². The molecule has 0 radical (unpaired) electrons. The molecule has 1 aromatic carbocycles. The number of halogens is 2. The molecule has 0 aliphatic carbocycles. The van der Waals surface area contributed by atoms with Crippen LogP contribution in [0.2, 0.25) is 5.02 Å². The summed E-state index contributed by atoms with van der Waals surface area (Å²) in [5, 5.41) is 11.8. The number of benzene rings is 1. The summed E-state index contributed by atoms with van der Waals surface area (Å²) in [4.78, 5) is 11.9. The fourth-order valence-corrected chi connectivity index (χ4v) is 2.27. The summed E-state index contributed by atoms with van der Waals surface area (Å²) in [7, 11) is 0. The Morgan fingerprint density at radius 2 is 2.43 bits per heavy atom. The van der Waals surface area contributed by atoms with E-state index in [0.717, 1.165) is 18.9 Å². The number of rotatable bonds is 4. The highest BCUT2D eigenvalue weighted by atomic mass is 35.5. The second-order valence-corrected chi connectivity index (χ2v) is 5.06. The highest BCUT2D eigenvalue weighted by Crippen LogP contribution is 2.21. The van der Waals surface area contributed by atoms with Gasteiger partial charge in [-0.15, -0.1) is 0 Å². The normalized spacial score (nSPS) is 18.3. The standard InChI is InChI=1S/C15H14ClFN2O2/c16-13-4-1-5-14(17)12(13)7-10(8-18)15(20)19-9-11-3-2-6-21-11/h1,4-5,7,11H,2-3,6,9H2,(H,19,20)/b10-7-/t11-/m1/s1. The van der Waals surface area contributed by atoms with Crippen LogP contribution in [0.5, 0.6) is 0 Å². The third-order valence-electron chi connectivity index (χ3n) is 3.17. The predicted molar refractivity (Wildman–Crippen MR) is 77.0 cm³/mol. The molecule has 2 rings (SSSR count). The molecule has 4 nitrogen and oxygen atoms in total. The summed E-state index contributed by atoms with van der Waals surface area (Å²) < 4.78 is 19.0. The van der Waals surface area contributed by atoms with E-state index in [9.17, 15) is 9.18 Å². The van der Waals surface area contributed by atoms with Crippen LogP contribution < -0.4 is 5.32 Å². The Kier molecular flexibility index (Phi) is 5.32. The van der Waals surface area contributed by atoms with Gasteiger partial charge in [0.2, 0.25) is 0 Å². The van der Waals surface area contributed by atoms with E-state index in [1.54, 1.807) is 6.07 Å². The Balaban J connectivity index is 2.09. The monoisotopic (exact) mass is 308 g/mol. The maximum atomic E-state index is 13.7. The molecule has 1 aromatic rings. The molecule has 1 heterocycles. The smallest absolute Gasteiger partial charge is 0.262 e. The van der Waals surface area contributed by atoms with Crippen molar-refractivity contribution in [3.05, 3.63) is 40.2 Å². The molecule has 1 atom stereocenters. The molecule has 1 amide bonds. The first-order valence-electron chi connectivity index (χ1n) is 6.57. The van der Waals surface area contributed by atoms with Crippen molar-refractivity contribution in [1.29, 1.82) is 5.26 Å². The second-order valence-electron chi connectivity index (χ2n) is 4.65. The van der Waals surface area contributed by atoms with E-state index in [-0.39, 0.29) is 22.3 Å². The Hall–Kier alpha value is -1.90. The summed E-state index contributed by atoms with van der Waals surface area (Å²) in [6.45, 7) is 1.02. The zero-order chi connectivity index (χ0) is 15.2. The lowest BCUT2D eigenvalue weighted by molar-refractivity contribution is -0.117. The molecule has 6 heteroatoms. The minimum Gasteiger partial charge on any atom is -0.376 e. The zero-order valence-electron chi connectivity index (χ0n) is 11.2. The molecule has 21 heavy (non-hydrogen) atoms. The van der Waals surface area contributed by atoms with Crippen molar-refractivity contribution in [2.45, 2.75) is 18.9 Å². The third kappa shape index (κ3) is 4.03. The van der Waals surface area contributed by atoms with Crippen molar-refractivity contribution >= 4 is 23.6 Å². The third-order valence-corrected chi connectivity index (χ3v) is 3.50. The Bertz CT molecular complexity index is 584. The van der Waals surface area contributed by atoms with Gasteiger partial charge in [-0.05, 0) is 31.1 Å². The number of ether oxygens (including phenoxy) is 1. The van der Waals surface area contributed by atoms with Gasteiger partial charge in [-0.3, -0.25) is 4.79 Å². The molecule has 1 N–H and O–H groups in total. The molecular formula is C15H14ClFN2O2. The number of amides is 1. The first-order chi connectivity index (χ1) is 10.1. The molecule has 0 unspecified atom stereocenters. The summed E-state index contributed by atoms with van der Waals surface area (Å²) in [6.07, 6.45) is 2.98. The number of nitrogens with one attached hydrogen (secondary N) is 1. The van der Waals surface area contributed by atoms with Crippen LogP contribution in [0, 0.1) is 17.1 Å². The van der Waals surface area contributed by atoms with Crippen LogP contribution in [0.25, 0.3) is 6.08 Å². The lowest BCUT2D eigenvalue weighted by Crippen LogP contribution is -2.32. The van der Waals surface area contributed by atoms with Gasteiger partial charge < -0.3 is 10.1 Å². The van der Waals surface area contributed by atoms with Crippen molar-refractivity contribution in [2.24, 2.45) is 0 Å². The van der Waals surface area contributed by atoms with Crippen LogP contribution in [0.3, 0.4) is 0 Å². The Morgan fingerprint density at radius 1 is 1.62 bits per heavy atom. The highest BCUT2D eigenvalue weighted by Gasteiger charge is 2.18. The van der Waals surface area contributed by atoms with Gasteiger partial charge in [-0.2, -0.15) is 5.26 Å². The van der Waals surface area contributed by atoms with E-state index in [2.05, 4.69) is 5.32 Å². The minimum absolute atomic E-state index is 0.0223. The molecule has 0 spiro atoms. The van der Waals surface area contributed by atoms with Gasteiger partial charge in [0.1, 0.15) is 17.5 Å². The van der Waals surface area contributed by atoms with Gasteiger partial charge in [0.05, 0.1) is 11.1 Å². The zero-order valence-corrected chi connectivity index (χ0v) is 12.0. The van der Waals surface area contributed by atoms with Crippen molar-refractivity contribution in [3.63, 3.8) is 0 Å². The second kappa shape index (κ2) is 7.21. The van der Waals surface area contributed by atoms with Gasteiger partial charge in [0, 0.05) is 18.7 Å². The van der Waals surface area contributed by atoms with E-state index >= 15 is 0 Å². The fourth-order valence-electron chi connectivity index (χ4n) is 2.05. The average molecular weight is 309 g/mol. The van der Waals surface area contributed by atoms with Crippen molar-refractivity contribution in [1.82, 2.24) is 5.32 Å². The van der Waals surface area contributed by atoms with Crippen molar-refractivity contribution in [2.75, 3.05) is 13.2 Å². The van der Waals surface area contributed by atoms with Crippen LogP contribution in [0.1, 0.15) is 18.4 Å². The number of nitriles is 1. The molecule has 1 fully saturated rings. The maximum Gasteiger partial charge on any atom is 0.262 e. The van der Waals surface area contributed by atoms with E-state index in [1.165, 1.54) is 18.2 Å². The van der Waals surface area contributed by atoms with E-state index < -0.39 is 11.7 Å². The molecule has 0 aromatic heterocycles. The lowest BCUT2D eigenvalue weighted by Gasteiger charge is -2.10. The van der Waals surface area contributed by atoms with Crippen LogP contribution in [0.15, 0.2) is 23.8 Å². The van der Waals surface area contributed by atoms with Gasteiger partial charge in [0.15, 0.2) is 0 Å². The van der Waals surface area contributed by atoms with Gasteiger partial charge in [-0.1, -0.05) is 17.7 Å². The predicted octanol–water partition coefficient (Wildman–Crippen LogP) is 2.68. The minimum atomic E-state index is -0.581. The molecule has 1 aliphatic rings. The van der Waals surface area contributed by atoms with Gasteiger partial charge >= 0.3 is 0 Å². The summed E-state index contributed by atoms with van der Waals surface area (Å²) in [5.41, 5.74) is -0.164. The summed E-state index contributed by atoms with van der Waals surface area (Å²) >= 11 is 5.87. The van der Waals surface area contributed by atoms with E-state index in [1.807, 2.05) is 0 Å². The maximum absolute atomic E-state index is 13.7. The number of hydrogen-bond donors (Lipinski definition) is 1. The van der Waals surface area contributed by atoms with Gasteiger partial charge in [0.25, 0.3) is 5.91 Å². The average Bonchev–Trinajstić information content (AvgIpc) is 2.98. The number of carbonyl (C=O) groups is 1. The SMILES string of the molecule is N#C/C(=C/c1c(F)cccc1Cl)C(=O)NC[C@H]1CCCO1. The molecule has 1 aliphatic heterocycles. The molecule has 110 valence electrons. The first-order valence-corrected chi connectivity index (χ1v) is 6.95. The lowest BCUT2D eigenvalue weighted by atomic mass is 10.1. The first kappa shape index (κ1) is 15.5. The Labute approximate surface area is 127 Å². The van der Waals surface area contributed by atoms with E-state index in [4.69, 9.17) is 21.6 Å². The molecule has 0 bridgehead atoms. The number of nitrogens with zero attached hydrogens (tertiary/aromatic N) is 1. The molecule has 0 saturated carbocycles. The van der Waals surface area contributed by atoms with Crippen molar-refractivity contribution < 1.29 is 13.9 Å². The number of carbonyl (C=O) groups excluding carboxylic acids is 1. The summed E-state index contributed by atoms with van der Waals surface area (Å²) in [5.74, 6) is -1.14. The van der Waals surface area contributed by atoms with Crippen molar-refractivity contribution in [3.8, 4) is 6.07 Å². The van der Waals surface area contributed by atoms with Crippen LogP contribution in [0.4, 0.5) is 4.39 Å². The van der Waals surface area contributed by atoms with Crippen LogP contribution in [-0.4, -0.2) is 25.2 Å². The molecule has 1 saturated heterocycles. The largest absolute Gasteiger partial charge is 0.376 e. The van der Waals surface area contributed by atoms with Gasteiger partial charge in [-0.25, -0.2) is 4.39 Å². The highest BCUT2D eigenvalue weighted by molar-refractivity contribution is 6.32. The van der Waals surface area contributed by atoms with Crippen LogP contribution in [-0.2, 0) is 9.53 Å². The summed E-state index contributed by atoms with van der Waals surface area (Å²) in [6, 6.07) is 5.93. The fraction of sp³-hybridized carbons (Fsp3) is 0.333. The van der Waals surface area contributed by atoms with Crippen LogP contribution >= 0.6 is 11.6 Å². The Morgan fingerprint density at radius 3 is 3.05 bits per heavy atom.